The van der Waals surface area contributed by atoms with Crippen LogP contribution < -0.4 is 5.32 Å². The van der Waals surface area contributed by atoms with Crippen molar-refractivity contribution in [3.8, 4) is 0 Å². The summed E-state index contributed by atoms with van der Waals surface area (Å²) in [6.45, 7) is 8.99. The van der Waals surface area contributed by atoms with Gasteiger partial charge in [-0.25, -0.2) is 0 Å². The minimum Gasteiger partial charge on any atom is -0.469 e. The molecule has 0 aliphatic carbocycles. The molecule has 0 aliphatic rings. The molecule has 0 saturated carbocycles. The standard InChI is InChI=1S/C12H22N2O3/c1-5-8-13-12(16)10(3)14(6-2)9-7-11(15)17-4/h5,10H,1,6-9H2,2-4H3,(H,13,16). The minimum absolute atomic E-state index is 0.0587. The maximum atomic E-state index is 11.7. The zero-order valence-corrected chi connectivity index (χ0v) is 10.9. The van der Waals surface area contributed by atoms with E-state index in [0.29, 0.717) is 26.1 Å². The maximum absolute atomic E-state index is 11.7. The summed E-state index contributed by atoms with van der Waals surface area (Å²) in [5.41, 5.74) is 0. The molecule has 0 radical (unpaired) electrons. The summed E-state index contributed by atoms with van der Waals surface area (Å²) in [4.78, 5) is 24.7. The second-order valence-electron chi connectivity index (χ2n) is 3.66. The first-order chi connectivity index (χ1) is 8.06. The lowest BCUT2D eigenvalue weighted by atomic mass is 10.2. The number of ether oxygens (including phenoxy) is 1. The van der Waals surface area contributed by atoms with Gasteiger partial charge in [0.25, 0.3) is 0 Å². The molecule has 0 aromatic rings. The third-order valence-electron chi connectivity index (χ3n) is 2.58. The number of hydrogen-bond donors (Lipinski definition) is 1. The summed E-state index contributed by atoms with van der Waals surface area (Å²) in [7, 11) is 1.36. The van der Waals surface area contributed by atoms with Crippen LogP contribution in [0.3, 0.4) is 0 Å². The Morgan fingerprint density at radius 2 is 2.18 bits per heavy atom. The lowest BCUT2D eigenvalue weighted by molar-refractivity contribution is -0.141. The van der Waals surface area contributed by atoms with Gasteiger partial charge in [0.15, 0.2) is 0 Å². The highest BCUT2D eigenvalue weighted by Gasteiger charge is 2.19. The van der Waals surface area contributed by atoms with E-state index in [1.807, 2.05) is 18.7 Å². The number of rotatable bonds is 8. The van der Waals surface area contributed by atoms with Crippen molar-refractivity contribution < 1.29 is 14.3 Å². The number of likely N-dealkylation sites (N-methyl/N-ethyl adjacent to an activating group) is 1. The predicted octanol–water partition coefficient (Wildman–Crippen LogP) is 0.562. The monoisotopic (exact) mass is 242 g/mol. The number of methoxy groups -OCH3 is 1. The number of amides is 1. The Hall–Kier alpha value is -1.36. The van der Waals surface area contributed by atoms with Crippen LogP contribution >= 0.6 is 0 Å². The van der Waals surface area contributed by atoms with Gasteiger partial charge < -0.3 is 10.1 Å². The normalized spacial score (nSPS) is 12.0. The molecule has 0 bridgehead atoms. The largest absolute Gasteiger partial charge is 0.469 e. The average Bonchev–Trinajstić information content (AvgIpc) is 2.35. The van der Waals surface area contributed by atoms with Crippen molar-refractivity contribution in [2.45, 2.75) is 26.3 Å². The van der Waals surface area contributed by atoms with Gasteiger partial charge in [-0.15, -0.1) is 6.58 Å². The van der Waals surface area contributed by atoms with Gasteiger partial charge in [-0.1, -0.05) is 13.0 Å². The topological polar surface area (TPSA) is 58.6 Å². The molecule has 0 aliphatic heterocycles. The Morgan fingerprint density at radius 3 is 2.65 bits per heavy atom. The van der Waals surface area contributed by atoms with E-state index in [9.17, 15) is 9.59 Å². The van der Waals surface area contributed by atoms with E-state index in [1.54, 1.807) is 6.08 Å². The van der Waals surface area contributed by atoms with Crippen LogP contribution in [-0.4, -0.2) is 49.6 Å². The highest BCUT2D eigenvalue weighted by Crippen LogP contribution is 2.01. The second kappa shape index (κ2) is 8.75. The fraction of sp³-hybridized carbons (Fsp3) is 0.667. The Balaban J connectivity index is 4.19. The van der Waals surface area contributed by atoms with Crippen LogP contribution in [0.1, 0.15) is 20.3 Å². The van der Waals surface area contributed by atoms with Crippen molar-refractivity contribution in [2.24, 2.45) is 0 Å². The highest BCUT2D eigenvalue weighted by molar-refractivity contribution is 5.81. The van der Waals surface area contributed by atoms with Crippen LogP contribution in [0, 0.1) is 0 Å². The number of nitrogens with one attached hydrogen (secondary N) is 1. The molecule has 0 fully saturated rings. The molecule has 1 N–H and O–H groups in total. The van der Waals surface area contributed by atoms with E-state index in [2.05, 4.69) is 16.6 Å². The van der Waals surface area contributed by atoms with Crippen molar-refractivity contribution in [3.63, 3.8) is 0 Å². The van der Waals surface area contributed by atoms with Crippen molar-refractivity contribution in [1.29, 1.82) is 0 Å². The molecule has 1 amide bonds. The molecule has 98 valence electrons. The molecule has 0 aromatic heterocycles. The fourth-order valence-corrected chi connectivity index (χ4v) is 1.45. The molecule has 5 heteroatoms. The zero-order valence-electron chi connectivity index (χ0n) is 10.9. The van der Waals surface area contributed by atoms with E-state index in [4.69, 9.17) is 0 Å². The molecule has 1 unspecified atom stereocenters. The Morgan fingerprint density at radius 1 is 1.53 bits per heavy atom. The van der Waals surface area contributed by atoms with Crippen LogP contribution in [0.25, 0.3) is 0 Å². The molecule has 0 aromatic carbocycles. The summed E-state index contributed by atoms with van der Waals surface area (Å²) in [6.07, 6.45) is 1.93. The van der Waals surface area contributed by atoms with Crippen molar-refractivity contribution >= 4 is 11.9 Å². The number of esters is 1. The van der Waals surface area contributed by atoms with Gasteiger partial charge in [0.2, 0.25) is 5.91 Å². The first kappa shape index (κ1) is 15.6. The molecule has 0 rings (SSSR count). The van der Waals surface area contributed by atoms with E-state index >= 15 is 0 Å². The van der Waals surface area contributed by atoms with E-state index in [0.717, 1.165) is 0 Å². The van der Waals surface area contributed by atoms with Crippen molar-refractivity contribution in [1.82, 2.24) is 10.2 Å². The van der Waals surface area contributed by atoms with E-state index in [-0.39, 0.29) is 17.9 Å². The van der Waals surface area contributed by atoms with Gasteiger partial charge in [0, 0.05) is 13.1 Å². The summed E-state index contributed by atoms with van der Waals surface area (Å²) < 4.78 is 4.57. The molecule has 1 atom stereocenters. The maximum Gasteiger partial charge on any atom is 0.306 e. The SMILES string of the molecule is C=CCNC(=O)C(C)N(CC)CCC(=O)OC. The van der Waals surface area contributed by atoms with E-state index in [1.165, 1.54) is 7.11 Å². The quantitative estimate of drug-likeness (QED) is 0.499. The second-order valence-corrected chi connectivity index (χ2v) is 3.66. The van der Waals surface area contributed by atoms with Crippen LogP contribution in [0.15, 0.2) is 12.7 Å². The lowest BCUT2D eigenvalue weighted by Crippen LogP contribution is -2.45. The van der Waals surface area contributed by atoms with Gasteiger partial charge in [-0.3, -0.25) is 14.5 Å². The molecule has 0 heterocycles. The van der Waals surface area contributed by atoms with Gasteiger partial charge in [-0.2, -0.15) is 0 Å². The number of hydrogen-bond acceptors (Lipinski definition) is 4. The van der Waals surface area contributed by atoms with E-state index < -0.39 is 0 Å². The smallest absolute Gasteiger partial charge is 0.306 e. The predicted molar refractivity (Wildman–Crippen MR) is 66.5 cm³/mol. The first-order valence-electron chi connectivity index (χ1n) is 5.76. The lowest BCUT2D eigenvalue weighted by Gasteiger charge is -2.26. The fourth-order valence-electron chi connectivity index (χ4n) is 1.45. The van der Waals surface area contributed by atoms with Gasteiger partial charge in [0.1, 0.15) is 0 Å². The Kier molecular flexibility index (Phi) is 8.05. The summed E-state index contributed by atoms with van der Waals surface area (Å²) >= 11 is 0. The Labute approximate surface area is 103 Å². The molecule has 0 spiro atoms. The summed E-state index contributed by atoms with van der Waals surface area (Å²) in [5.74, 6) is -0.321. The molecule has 0 saturated heterocycles. The van der Waals surface area contributed by atoms with Crippen LogP contribution in [-0.2, 0) is 14.3 Å². The van der Waals surface area contributed by atoms with Crippen LogP contribution in [0.5, 0.6) is 0 Å². The van der Waals surface area contributed by atoms with Gasteiger partial charge in [-0.05, 0) is 13.5 Å². The number of carbonyl (C=O) groups is 2. The molecular formula is C12H22N2O3. The number of nitrogens with zero attached hydrogens (tertiary/aromatic N) is 1. The third kappa shape index (κ3) is 6.06. The average molecular weight is 242 g/mol. The van der Waals surface area contributed by atoms with Crippen molar-refractivity contribution in [3.05, 3.63) is 12.7 Å². The van der Waals surface area contributed by atoms with Gasteiger partial charge in [0.05, 0.1) is 19.6 Å². The van der Waals surface area contributed by atoms with Crippen LogP contribution in [0.2, 0.25) is 0 Å². The van der Waals surface area contributed by atoms with Crippen molar-refractivity contribution in [2.75, 3.05) is 26.7 Å². The zero-order chi connectivity index (χ0) is 13.3. The molecule has 17 heavy (non-hydrogen) atoms. The first-order valence-corrected chi connectivity index (χ1v) is 5.76. The summed E-state index contributed by atoms with van der Waals surface area (Å²) in [5, 5.41) is 2.73. The van der Waals surface area contributed by atoms with Crippen LogP contribution in [0.4, 0.5) is 0 Å². The minimum atomic E-state index is -0.262. The molecular weight excluding hydrogens is 220 g/mol. The third-order valence-corrected chi connectivity index (χ3v) is 2.58. The molecule has 5 nitrogen and oxygen atoms in total. The highest BCUT2D eigenvalue weighted by atomic mass is 16.5. The number of carbonyl (C=O) groups excluding carboxylic acids is 2. The Bertz CT molecular complexity index is 266. The van der Waals surface area contributed by atoms with Gasteiger partial charge >= 0.3 is 5.97 Å². The summed E-state index contributed by atoms with van der Waals surface area (Å²) in [6, 6.07) is -0.260.